The lowest BCUT2D eigenvalue weighted by molar-refractivity contribution is 0.415. The number of hydrogen-bond donors (Lipinski definition) is 0. The molecule has 0 bridgehead atoms. The summed E-state index contributed by atoms with van der Waals surface area (Å²) in [5.41, 5.74) is 0. The number of benzene rings is 1. The fraction of sp³-hybridized carbons (Fsp3) is 0.500. The quantitative estimate of drug-likeness (QED) is 0.693. The zero-order chi connectivity index (χ0) is 10.6. The van der Waals surface area contributed by atoms with Gasteiger partial charge in [0.2, 0.25) is 0 Å². The molecule has 14 heavy (non-hydrogen) atoms. The van der Waals surface area contributed by atoms with Crippen LogP contribution in [0.1, 0.15) is 27.2 Å². The maximum absolute atomic E-state index is 5.13. The molecule has 0 fully saturated rings. The third kappa shape index (κ3) is 3.31. The molecule has 0 heterocycles. The van der Waals surface area contributed by atoms with E-state index < -0.39 is 0 Å². The molecule has 1 aromatic carbocycles. The highest BCUT2D eigenvalue weighted by Crippen LogP contribution is 2.33. The van der Waals surface area contributed by atoms with E-state index in [4.69, 9.17) is 4.74 Å². The van der Waals surface area contributed by atoms with Crippen molar-refractivity contribution in [2.24, 2.45) is 0 Å². The van der Waals surface area contributed by atoms with Crippen molar-refractivity contribution in [2.75, 3.05) is 7.11 Å². The van der Waals surface area contributed by atoms with Gasteiger partial charge in [0.05, 0.1) is 7.11 Å². The average Bonchev–Trinajstić information content (AvgIpc) is 2.19. The standard InChI is InChI=1S/C12H19OP/c1-5-12(2,3)14-11-8-6-10(13-4)7-9-11/h6-9,14H,5H2,1-4H3. The molecule has 0 saturated heterocycles. The van der Waals surface area contributed by atoms with Crippen LogP contribution in [0.4, 0.5) is 0 Å². The lowest BCUT2D eigenvalue weighted by Gasteiger charge is -2.22. The monoisotopic (exact) mass is 210 g/mol. The van der Waals surface area contributed by atoms with Crippen LogP contribution in [0, 0.1) is 0 Å². The van der Waals surface area contributed by atoms with Gasteiger partial charge in [0.15, 0.2) is 0 Å². The summed E-state index contributed by atoms with van der Waals surface area (Å²) in [7, 11) is 2.58. The van der Waals surface area contributed by atoms with E-state index in [2.05, 4.69) is 32.9 Å². The van der Waals surface area contributed by atoms with E-state index in [-0.39, 0.29) is 0 Å². The molecule has 0 spiro atoms. The van der Waals surface area contributed by atoms with Crippen molar-refractivity contribution in [1.29, 1.82) is 0 Å². The summed E-state index contributed by atoms with van der Waals surface area (Å²) in [5, 5.41) is 1.84. The number of hydrogen-bond acceptors (Lipinski definition) is 1. The van der Waals surface area contributed by atoms with E-state index in [1.807, 2.05) is 12.1 Å². The number of methoxy groups -OCH3 is 1. The van der Waals surface area contributed by atoms with E-state index in [0.717, 1.165) is 14.3 Å². The highest BCUT2D eigenvalue weighted by molar-refractivity contribution is 7.48. The molecule has 0 radical (unpaired) electrons. The van der Waals surface area contributed by atoms with Crippen LogP contribution in [0.25, 0.3) is 0 Å². The average molecular weight is 210 g/mol. The smallest absolute Gasteiger partial charge is 0.118 e. The summed E-state index contributed by atoms with van der Waals surface area (Å²) >= 11 is 0. The molecular formula is C12H19OP. The molecule has 0 aliphatic carbocycles. The van der Waals surface area contributed by atoms with Gasteiger partial charge in [0.1, 0.15) is 5.75 Å². The summed E-state index contributed by atoms with van der Waals surface area (Å²) in [6.45, 7) is 6.88. The minimum absolute atomic E-state index is 0.425. The minimum Gasteiger partial charge on any atom is -0.497 e. The van der Waals surface area contributed by atoms with E-state index >= 15 is 0 Å². The van der Waals surface area contributed by atoms with Gasteiger partial charge in [-0.15, -0.1) is 0 Å². The Morgan fingerprint density at radius 1 is 1.21 bits per heavy atom. The molecule has 1 nitrogen and oxygen atoms in total. The topological polar surface area (TPSA) is 9.23 Å². The van der Waals surface area contributed by atoms with E-state index in [1.165, 1.54) is 11.7 Å². The molecule has 78 valence electrons. The zero-order valence-electron chi connectivity index (χ0n) is 9.42. The number of rotatable bonds is 4. The molecule has 0 saturated carbocycles. The Balaban J connectivity index is 2.69. The summed E-state index contributed by atoms with van der Waals surface area (Å²) in [5.74, 6) is 0.938. The van der Waals surface area contributed by atoms with Gasteiger partial charge >= 0.3 is 0 Å². The molecule has 0 amide bonds. The fourth-order valence-electron chi connectivity index (χ4n) is 1.15. The van der Waals surface area contributed by atoms with Crippen molar-refractivity contribution in [2.45, 2.75) is 32.3 Å². The maximum Gasteiger partial charge on any atom is 0.118 e. The van der Waals surface area contributed by atoms with Crippen molar-refractivity contribution in [1.82, 2.24) is 0 Å². The first-order valence-electron chi connectivity index (χ1n) is 4.99. The van der Waals surface area contributed by atoms with E-state index in [9.17, 15) is 0 Å². The molecule has 0 N–H and O–H groups in total. The largest absolute Gasteiger partial charge is 0.497 e. The molecule has 1 rings (SSSR count). The molecule has 2 heteroatoms. The first-order chi connectivity index (χ1) is 6.57. The van der Waals surface area contributed by atoms with Gasteiger partial charge in [-0.25, -0.2) is 0 Å². The molecule has 0 aliphatic heterocycles. The lowest BCUT2D eigenvalue weighted by atomic mass is 10.1. The highest BCUT2D eigenvalue weighted by atomic mass is 31.1. The molecule has 1 aromatic rings. The van der Waals surface area contributed by atoms with Crippen molar-refractivity contribution in [3.8, 4) is 5.75 Å². The van der Waals surface area contributed by atoms with Gasteiger partial charge in [-0.2, -0.15) is 0 Å². The van der Waals surface area contributed by atoms with Crippen molar-refractivity contribution in [3.05, 3.63) is 24.3 Å². The van der Waals surface area contributed by atoms with Crippen molar-refractivity contribution < 1.29 is 4.74 Å². The Kier molecular flexibility index (Phi) is 3.95. The van der Waals surface area contributed by atoms with Crippen LogP contribution in [-0.2, 0) is 0 Å². The second-order valence-corrected chi connectivity index (χ2v) is 6.27. The Morgan fingerprint density at radius 2 is 1.79 bits per heavy atom. The van der Waals surface area contributed by atoms with Gasteiger partial charge < -0.3 is 4.74 Å². The molecule has 1 unspecified atom stereocenters. The predicted octanol–water partition coefficient (Wildman–Crippen LogP) is 3.19. The molecule has 1 atom stereocenters. The van der Waals surface area contributed by atoms with Crippen LogP contribution in [0.2, 0.25) is 0 Å². The van der Waals surface area contributed by atoms with Crippen LogP contribution in [-0.4, -0.2) is 12.3 Å². The van der Waals surface area contributed by atoms with Crippen LogP contribution >= 0.6 is 8.58 Å². The summed E-state index contributed by atoms with van der Waals surface area (Å²) in [6, 6.07) is 8.39. The maximum atomic E-state index is 5.13. The van der Waals surface area contributed by atoms with Gasteiger partial charge in [0, 0.05) is 0 Å². The van der Waals surface area contributed by atoms with Crippen LogP contribution in [0.3, 0.4) is 0 Å². The van der Waals surface area contributed by atoms with E-state index in [0.29, 0.717) is 5.16 Å². The first-order valence-corrected chi connectivity index (χ1v) is 5.99. The Morgan fingerprint density at radius 3 is 2.21 bits per heavy atom. The first kappa shape index (κ1) is 11.5. The molecule has 0 aliphatic rings. The summed E-state index contributed by atoms with van der Waals surface area (Å²) in [4.78, 5) is 0. The third-order valence-corrected chi connectivity index (χ3v) is 4.11. The van der Waals surface area contributed by atoms with E-state index in [1.54, 1.807) is 7.11 Å². The zero-order valence-corrected chi connectivity index (χ0v) is 10.4. The Labute approximate surface area is 88.6 Å². The second-order valence-electron chi connectivity index (χ2n) is 4.09. The summed E-state index contributed by atoms with van der Waals surface area (Å²) in [6.07, 6.45) is 1.22. The molecule has 0 aromatic heterocycles. The Bertz CT molecular complexity index is 277. The SMILES string of the molecule is CCC(C)(C)Pc1ccc(OC)cc1. The molecular weight excluding hydrogens is 191 g/mol. The van der Waals surface area contributed by atoms with Crippen molar-refractivity contribution >= 4 is 13.9 Å². The van der Waals surface area contributed by atoms with Gasteiger partial charge in [-0.05, 0) is 29.0 Å². The fourth-order valence-corrected chi connectivity index (χ4v) is 2.45. The highest BCUT2D eigenvalue weighted by Gasteiger charge is 2.15. The van der Waals surface area contributed by atoms with Crippen LogP contribution < -0.4 is 10.0 Å². The normalized spacial score (nSPS) is 12.3. The predicted molar refractivity (Wildman–Crippen MR) is 65.3 cm³/mol. The minimum atomic E-state index is 0.425. The second kappa shape index (κ2) is 4.79. The lowest BCUT2D eigenvalue weighted by Crippen LogP contribution is -2.15. The van der Waals surface area contributed by atoms with Crippen LogP contribution in [0.5, 0.6) is 5.75 Å². The Hall–Kier alpha value is -0.550. The summed E-state index contributed by atoms with van der Waals surface area (Å²) < 4.78 is 5.13. The third-order valence-electron chi connectivity index (χ3n) is 2.46. The van der Waals surface area contributed by atoms with Gasteiger partial charge in [0.25, 0.3) is 0 Å². The number of ether oxygens (including phenoxy) is 1. The van der Waals surface area contributed by atoms with Gasteiger partial charge in [-0.1, -0.05) is 41.5 Å². The van der Waals surface area contributed by atoms with Gasteiger partial charge in [-0.3, -0.25) is 0 Å². The van der Waals surface area contributed by atoms with Crippen LogP contribution in [0.15, 0.2) is 24.3 Å². The van der Waals surface area contributed by atoms with Crippen molar-refractivity contribution in [3.63, 3.8) is 0 Å².